The predicted octanol–water partition coefficient (Wildman–Crippen LogP) is 2.31. The van der Waals surface area contributed by atoms with E-state index >= 15 is 0 Å². The highest BCUT2D eigenvalue weighted by Gasteiger charge is 2.47. The summed E-state index contributed by atoms with van der Waals surface area (Å²) in [5.74, 6) is -0.788. The van der Waals surface area contributed by atoms with E-state index in [-0.39, 0.29) is 17.5 Å². The highest BCUT2D eigenvalue weighted by Crippen LogP contribution is 2.32. The Bertz CT molecular complexity index is 593. The number of hydrogen-bond acceptors (Lipinski definition) is 2. The van der Waals surface area contributed by atoms with Gasteiger partial charge in [-0.05, 0) is 38.0 Å². The van der Waals surface area contributed by atoms with Gasteiger partial charge in [0.2, 0.25) is 5.91 Å². The number of fused-ring (bicyclic) bond motifs is 1. The highest BCUT2D eigenvalue weighted by molar-refractivity contribution is 9.10. The van der Waals surface area contributed by atoms with E-state index in [2.05, 4.69) is 15.9 Å². The molecule has 106 valence electrons. The number of carbonyl (C=O) groups excluding carboxylic acids is 2. The molecular formula is C14H14BrFN2O2. The summed E-state index contributed by atoms with van der Waals surface area (Å²) in [7, 11) is 0. The van der Waals surface area contributed by atoms with Crippen molar-refractivity contribution in [1.29, 1.82) is 0 Å². The minimum atomic E-state index is -0.660. The van der Waals surface area contributed by atoms with Crippen LogP contribution >= 0.6 is 15.9 Å². The third kappa shape index (κ3) is 1.93. The van der Waals surface area contributed by atoms with Gasteiger partial charge in [-0.25, -0.2) is 4.39 Å². The molecule has 6 heteroatoms. The van der Waals surface area contributed by atoms with Crippen LogP contribution in [0.5, 0.6) is 0 Å². The van der Waals surface area contributed by atoms with Crippen molar-refractivity contribution in [2.24, 2.45) is 0 Å². The van der Waals surface area contributed by atoms with Gasteiger partial charge in [-0.3, -0.25) is 14.5 Å². The van der Waals surface area contributed by atoms with Crippen LogP contribution in [0, 0.1) is 5.82 Å². The number of piperazine rings is 1. The molecule has 20 heavy (non-hydrogen) atoms. The second-order valence-corrected chi connectivity index (χ2v) is 6.09. The van der Waals surface area contributed by atoms with Crippen LogP contribution in [0.2, 0.25) is 0 Å². The third-order valence-corrected chi connectivity index (χ3v) is 4.47. The van der Waals surface area contributed by atoms with Gasteiger partial charge in [0.15, 0.2) is 0 Å². The number of anilines is 1. The van der Waals surface area contributed by atoms with Crippen LogP contribution < -0.4 is 4.90 Å². The van der Waals surface area contributed by atoms with E-state index in [0.29, 0.717) is 17.4 Å². The molecule has 2 fully saturated rings. The zero-order chi connectivity index (χ0) is 14.4. The molecule has 4 nitrogen and oxygen atoms in total. The first-order valence-electron chi connectivity index (χ1n) is 6.59. The standard InChI is InChI=1S/C14H14BrFN2O2/c1-8-13(19)17-6-2-3-12(17)14(20)18(8)11-5-4-9(15)7-10(11)16/h4-5,7-8,12H,2-3,6H2,1H3. The van der Waals surface area contributed by atoms with E-state index in [9.17, 15) is 14.0 Å². The summed E-state index contributed by atoms with van der Waals surface area (Å²) in [6, 6.07) is 3.42. The topological polar surface area (TPSA) is 40.6 Å². The number of carbonyl (C=O) groups is 2. The summed E-state index contributed by atoms with van der Waals surface area (Å²) in [5, 5.41) is 0. The maximum absolute atomic E-state index is 14.1. The molecule has 0 aliphatic carbocycles. The molecule has 0 radical (unpaired) electrons. The zero-order valence-corrected chi connectivity index (χ0v) is 12.6. The number of hydrogen-bond donors (Lipinski definition) is 0. The molecule has 0 bridgehead atoms. The minimum absolute atomic E-state index is 0.102. The second kappa shape index (κ2) is 4.84. The Morgan fingerprint density at radius 1 is 1.30 bits per heavy atom. The van der Waals surface area contributed by atoms with Crippen molar-refractivity contribution in [2.75, 3.05) is 11.4 Å². The molecule has 0 saturated carbocycles. The van der Waals surface area contributed by atoms with Gasteiger partial charge in [0.05, 0.1) is 5.69 Å². The van der Waals surface area contributed by atoms with E-state index in [0.717, 1.165) is 6.42 Å². The van der Waals surface area contributed by atoms with E-state index in [1.807, 2.05) is 0 Å². The molecule has 0 spiro atoms. The minimum Gasteiger partial charge on any atom is -0.329 e. The first-order chi connectivity index (χ1) is 9.50. The summed E-state index contributed by atoms with van der Waals surface area (Å²) < 4.78 is 14.7. The Morgan fingerprint density at radius 2 is 2.05 bits per heavy atom. The Kier molecular flexibility index (Phi) is 3.28. The van der Waals surface area contributed by atoms with Crippen molar-refractivity contribution in [1.82, 2.24) is 4.90 Å². The van der Waals surface area contributed by atoms with Crippen molar-refractivity contribution in [3.05, 3.63) is 28.5 Å². The monoisotopic (exact) mass is 340 g/mol. The lowest BCUT2D eigenvalue weighted by Crippen LogP contribution is -2.62. The van der Waals surface area contributed by atoms with E-state index in [1.165, 1.54) is 17.0 Å². The fourth-order valence-corrected chi connectivity index (χ4v) is 3.33. The maximum atomic E-state index is 14.1. The Balaban J connectivity index is 2.03. The first-order valence-corrected chi connectivity index (χ1v) is 7.38. The van der Waals surface area contributed by atoms with Crippen LogP contribution in [0.3, 0.4) is 0 Å². The van der Waals surface area contributed by atoms with Gasteiger partial charge in [0.25, 0.3) is 5.91 Å². The molecule has 2 aliphatic rings. The van der Waals surface area contributed by atoms with Gasteiger partial charge in [-0.15, -0.1) is 0 Å². The summed E-state index contributed by atoms with van der Waals surface area (Å²) in [5.41, 5.74) is 0.172. The summed E-state index contributed by atoms with van der Waals surface area (Å²) >= 11 is 3.19. The Hall–Kier alpha value is -1.43. The lowest BCUT2D eigenvalue weighted by molar-refractivity contribution is -0.143. The molecule has 0 N–H and O–H groups in total. The molecule has 2 heterocycles. The van der Waals surface area contributed by atoms with Crippen molar-refractivity contribution in [2.45, 2.75) is 31.8 Å². The molecule has 3 rings (SSSR count). The van der Waals surface area contributed by atoms with Gasteiger partial charge in [0.1, 0.15) is 17.9 Å². The smallest absolute Gasteiger partial charge is 0.250 e. The van der Waals surface area contributed by atoms with Crippen LogP contribution in [-0.4, -0.2) is 35.3 Å². The van der Waals surface area contributed by atoms with E-state index in [4.69, 9.17) is 0 Å². The number of nitrogens with zero attached hydrogens (tertiary/aromatic N) is 2. The fourth-order valence-electron chi connectivity index (χ4n) is 2.99. The third-order valence-electron chi connectivity index (χ3n) is 3.97. The van der Waals surface area contributed by atoms with E-state index < -0.39 is 17.9 Å². The van der Waals surface area contributed by atoms with Gasteiger partial charge in [-0.2, -0.15) is 0 Å². The van der Waals surface area contributed by atoms with Gasteiger partial charge in [-0.1, -0.05) is 15.9 Å². The van der Waals surface area contributed by atoms with Crippen LogP contribution in [-0.2, 0) is 9.59 Å². The molecule has 0 aromatic heterocycles. The highest BCUT2D eigenvalue weighted by atomic mass is 79.9. The van der Waals surface area contributed by atoms with Gasteiger partial charge >= 0.3 is 0 Å². The molecular weight excluding hydrogens is 327 g/mol. The Morgan fingerprint density at radius 3 is 2.75 bits per heavy atom. The molecule has 2 atom stereocenters. The van der Waals surface area contributed by atoms with Crippen LogP contribution in [0.4, 0.5) is 10.1 Å². The van der Waals surface area contributed by atoms with Crippen molar-refractivity contribution in [3.8, 4) is 0 Å². The fraction of sp³-hybridized carbons (Fsp3) is 0.429. The van der Waals surface area contributed by atoms with Crippen molar-refractivity contribution < 1.29 is 14.0 Å². The summed E-state index contributed by atoms with van der Waals surface area (Å²) in [4.78, 5) is 27.8. The Labute approximate surface area is 124 Å². The maximum Gasteiger partial charge on any atom is 0.250 e. The summed E-state index contributed by atoms with van der Waals surface area (Å²) in [6.45, 7) is 2.27. The molecule has 2 aliphatic heterocycles. The second-order valence-electron chi connectivity index (χ2n) is 5.17. The molecule has 1 aromatic carbocycles. The predicted molar refractivity (Wildman–Crippen MR) is 75.8 cm³/mol. The number of benzene rings is 1. The van der Waals surface area contributed by atoms with Crippen LogP contribution in [0.15, 0.2) is 22.7 Å². The number of halogens is 2. The number of rotatable bonds is 1. The molecule has 2 saturated heterocycles. The SMILES string of the molecule is CC1C(=O)N2CCCC2C(=O)N1c1ccc(Br)cc1F. The molecule has 2 amide bonds. The average molecular weight is 341 g/mol. The average Bonchev–Trinajstić information content (AvgIpc) is 2.88. The van der Waals surface area contributed by atoms with E-state index in [1.54, 1.807) is 17.9 Å². The molecule has 1 aromatic rings. The summed E-state index contributed by atoms with van der Waals surface area (Å²) in [6.07, 6.45) is 1.48. The first kappa shape index (κ1) is 13.5. The van der Waals surface area contributed by atoms with Gasteiger partial charge in [0, 0.05) is 11.0 Å². The normalized spacial score (nSPS) is 26.1. The zero-order valence-electron chi connectivity index (χ0n) is 11.0. The van der Waals surface area contributed by atoms with Crippen molar-refractivity contribution in [3.63, 3.8) is 0 Å². The largest absolute Gasteiger partial charge is 0.329 e. The van der Waals surface area contributed by atoms with Crippen LogP contribution in [0.25, 0.3) is 0 Å². The van der Waals surface area contributed by atoms with Crippen molar-refractivity contribution >= 4 is 33.4 Å². The lowest BCUT2D eigenvalue weighted by Gasteiger charge is -2.40. The van der Waals surface area contributed by atoms with Gasteiger partial charge < -0.3 is 4.90 Å². The van der Waals surface area contributed by atoms with Crippen LogP contribution in [0.1, 0.15) is 19.8 Å². The molecule has 2 unspecified atom stereocenters. The number of amides is 2. The quantitative estimate of drug-likeness (QED) is 0.787. The lowest BCUT2D eigenvalue weighted by atomic mass is 10.0.